The molecule has 0 aliphatic heterocycles. The molecule has 0 heterocycles. The van der Waals surface area contributed by atoms with Gasteiger partial charge in [-0.25, -0.2) is 4.79 Å². The van der Waals surface area contributed by atoms with Crippen molar-refractivity contribution in [3.05, 3.63) is 24.3 Å². The zero-order valence-corrected chi connectivity index (χ0v) is 41.1. The van der Waals surface area contributed by atoms with Gasteiger partial charge in [0, 0.05) is 12.1 Å². The van der Waals surface area contributed by atoms with Crippen molar-refractivity contribution in [2.75, 3.05) is 37.1 Å². The Bertz CT molecular complexity index is 2070. The summed E-state index contributed by atoms with van der Waals surface area (Å²) in [4.78, 5) is 115. The van der Waals surface area contributed by atoms with Crippen molar-refractivity contribution in [3.63, 3.8) is 0 Å². The van der Waals surface area contributed by atoms with Gasteiger partial charge in [-0.05, 0) is 107 Å². The Balaban J connectivity index is 2.98. The Morgan fingerprint density at radius 1 is 0.623 bits per heavy atom. The van der Waals surface area contributed by atoms with E-state index in [1.165, 1.54) is 37.7 Å². The predicted molar refractivity (Wildman–Crippen MR) is 254 cm³/mol. The van der Waals surface area contributed by atoms with E-state index in [0.29, 0.717) is 24.3 Å². The van der Waals surface area contributed by atoms with E-state index in [1.807, 2.05) is 0 Å². The first kappa shape index (κ1) is 61.3. The number of unbranched alkanes of at least 4 members (excludes halogenated alkanes) is 1. The molecule has 0 bridgehead atoms. The number of rotatable bonds is 31. The van der Waals surface area contributed by atoms with Crippen LogP contribution in [0.15, 0.2) is 29.2 Å². The van der Waals surface area contributed by atoms with Crippen molar-refractivity contribution in [2.24, 2.45) is 11.7 Å². The summed E-state index contributed by atoms with van der Waals surface area (Å²) in [7, 11) is -4.43. The zero-order chi connectivity index (χ0) is 52.6. The summed E-state index contributed by atoms with van der Waals surface area (Å²) >= 11 is 6.59. The number of hydrogen-bond acceptors (Lipinski definition) is 16. The number of nitrogens with two attached hydrogens (primary N) is 1. The minimum atomic E-state index is -4.43. The van der Waals surface area contributed by atoms with Gasteiger partial charge in [-0.1, -0.05) is 13.8 Å². The molecular formula is C40H64N10O16S3. The second kappa shape index (κ2) is 30.7. The van der Waals surface area contributed by atoms with Crippen LogP contribution in [0.4, 0.5) is 5.69 Å². The second-order valence-electron chi connectivity index (χ2n) is 15.8. The van der Waals surface area contributed by atoms with Gasteiger partial charge < -0.3 is 74.0 Å². The maximum absolute atomic E-state index is 13.4. The summed E-state index contributed by atoms with van der Waals surface area (Å²) in [6, 6.07) is -6.56. The van der Waals surface area contributed by atoms with Crippen LogP contribution in [0.25, 0.3) is 0 Å². The van der Waals surface area contributed by atoms with Crippen LogP contribution in [0.3, 0.4) is 0 Å². The van der Waals surface area contributed by atoms with Crippen LogP contribution in [0.2, 0.25) is 0 Å². The third-order valence-corrected chi connectivity index (χ3v) is 11.6. The van der Waals surface area contributed by atoms with Crippen molar-refractivity contribution < 1.29 is 76.5 Å². The van der Waals surface area contributed by atoms with E-state index in [0.717, 1.165) is 12.1 Å². The van der Waals surface area contributed by atoms with Gasteiger partial charge in [-0.2, -0.15) is 20.2 Å². The third-order valence-electron chi connectivity index (χ3n) is 9.87. The number of thioether (sulfide) groups is 1. The molecule has 7 amide bonds. The highest BCUT2D eigenvalue weighted by Gasteiger charge is 2.33. The number of carboxylic acids is 2. The Labute approximate surface area is 408 Å². The molecule has 8 atom stereocenters. The van der Waals surface area contributed by atoms with Crippen LogP contribution in [0.1, 0.15) is 66.2 Å². The number of aliphatic hydroxyl groups is 2. The summed E-state index contributed by atoms with van der Waals surface area (Å²) in [6.07, 6.45) is 1.36. The fourth-order valence-electron chi connectivity index (χ4n) is 5.89. The normalized spacial score (nSPS) is 14.7. The molecule has 0 fully saturated rings. The predicted octanol–water partition coefficient (Wildman–Crippen LogP) is -3.51. The number of benzene rings is 1. The number of hydrogen-bond donors (Lipinski definition) is 15. The number of aliphatic carboxylic acids is 2. The highest BCUT2D eigenvalue weighted by molar-refractivity contribution is 7.98. The topological polar surface area (TPSA) is 423 Å². The minimum absolute atomic E-state index is 0.0138. The van der Waals surface area contributed by atoms with Gasteiger partial charge in [-0.3, -0.25) is 42.9 Å². The van der Waals surface area contributed by atoms with Crippen LogP contribution in [-0.2, 0) is 53.3 Å². The lowest BCUT2D eigenvalue weighted by molar-refractivity contribution is -0.143. The van der Waals surface area contributed by atoms with Gasteiger partial charge in [0.15, 0.2) is 5.11 Å². The monoisotopic (exact) mass is 1040 g/mol. The Kier molecular flexibility index (Phi) is 27.3. The molecule has 1 rings (SSSR count). The SMILES string of the molecule is CSCC[C@H](NC(=O)[C@H](CO)NC(=O)[C@H](C)NC(=O)[C@@H](NC(=S)Nc1ccc(S(=O)(=O)O)cc1)C(C)C)C(=O)N[C@@H](C)C(=O)N[C@@H](CO)C(=O)N[C@@H](CCC(=O)O)C(=O)N[C@@H](CCCCN)C(=O)O. The number of carbonyl (C=O) groups is 9. The number of aliphatic hydroxyl groups excluding tert-OH is 2. The molecule has 26 nitrogen and oxygen atoms in total. The highest BCUT2D eigenvalue weighted by atomic mass is 32.2. The number of nitrogens with one attached hydrogen (secondary N) is 9. The van der Waals surface area contributed by atoms with Crippen molar-refractivity contribution in [2.45, 2.75) is 119 Å². The van der Waals surface area contributed by atoms with E-state index in [9.17, 15) is 76.5 Å². The van der Waals surface area contributed by atoms with Crippen LogP contribution >= 0.6 is 24.0 Å². The molecule has 69 heavy (non-hydrogen) atoms. The Morgan fingerprint density at radius 3 is 1.51 bits per heavy atom. The Hall–Kier alpha value is -5.72. The van der Waals surface area contributed by atoms with Crippen LogP contribution in [-0.4, -0.2) is 172 Å². The van der Waals surface area contributed by atoms with Crippen molar-refractivity contribution in [1.29, 1.82) is 0 Å². The molecule has 0 spiro atoms. The summed E-state index contributed by atoms with van der Waals surface area (Å²) < 4.78 is 31.8. The molecule has 0 saturated carbocycles. The molecule has 0 unspecified atom stereocenters. The van der Waals surface area contributed by atoms with Gasteiger partial charge in [0.25, 0.3) is 10.1 Å². The molecule has 0 aliphatic carbocycles. The number of thiocarbonyl (C=S) groups is 1. The molecule has 0 aromatic heterocycles. The lowest BCUT2D eigenvalue weighted by atomic mass is 10.0. The molecule has 0 radical (unpaired) electrons. The van der Waals surface area contributed by atoms with Crippen LogP contribution in [0, 0.1) is 5.92 Å². The van der Waals surface area contributed by atoms with Crippen molar-refractivity contribution in [1.82, 2.24) is 42.5 Å². The average Bonchev–Trinajstić information content (AvgIpc) is 3.27. The quantitative estimate of drug-likeness (QED) is 0.0195. The molecule has 1 aromatic carbocycles. The fraction of sp³-hybridized carbons (Fsp3) is 0.600. The molecular weight excluding hydrogens is 973 g/mol. The lowest BCUT2D eigenvalue weighted by Crippen LogP contribution is -2.60. The fourth-order valence-corrected chi connectivity index (χ4v) is 7.09. The smallest absolute Gasteiger partial charge is 0.326 e. The maximum atomic E-state index is 13.4. The lowest BCUT2D eigenvalue weighted by Gasteiger charge is -2.27. The van der Waals surface area contributed by atoms with Crippen LogP contribution < -0.4 is 53.6 Å². The number of carbonyl (C=O) groups excluding carboxylic acids is 7. The average molecular weight is 1040 g/mol. The van der Waals surface area contributed by atoms with E-state index in [2.05, 4.69) is 47.9 Å². The second-order valence-corrected chi connectivity index (χ2v) is 18.6. The van der Waals surface area contributed by atoms with Gasteiger partial charge in [0.1, 0.15) is 48.3 Å². The molecule has 388 valence electrons. The number of anilines is 1. The van der Waals surface area contributed by atoms with E-state index in [4.69, 9.17) is 18.0 Å². The third kappa shape index (κ3) is 22.5. The van der Waals surface area contributed by atoms with E-state index >= 15 is 0 Å². The zero-order valence-electron chi connectivity index (χ0n) is 38.6. The highest BCUT2D eigenvalue weighted by Crippen LogP contribution is 2.14. The first-order valence-electron chi connectivity index (χ1n) is 21.4. The van der Waals surface area contributed by atoms with Crippen LogP contribution in [0.5, 0.6) is 0 Å². The van der Waals surface area contributed by atoms with E-state index < -0.39 is 144 Å². The van der Waals surface area contributed by atoms with E-state index in [1.54, 1.807) is 20.1 Å². The minimum Gasteiger partial charge on any atom is -0.481 e. The van der Waals surface area contributed by atoms with Gasteiger partial charge in [-0.15, -0.1) is 0 Å². The standard InChI is InChI=1S/C40H64N10O16S3/c1-20(2)31(50-40(67)44-23-9-11-24(12-10-23)69(64,65)66)38(61)43-22(4)33(56)49-29(19-52)37(60)46-26(15-17-68-5)34(57)42-21(3)32(55)48-28(18-51)36(59)45-25(13-14-30(53)54)35(58)47-27(39(62)63)8-6-7-16-41/h9-12,20-22,25-29,31,51-52H,6-8,13-19,41H2,1-5H3,(H,42,57)(H,43,61)(H,45,59)(H,46,60)(H,47,58)(H,48,55)(H,49,56)(H,53,54)(H,62,63)(H2,44,50,67)(H,64,65,66)/t21-,22-,25-,26-,27-,28-,29-,31-/m0/s1. The summed E-state index contributed by atoms with van der Waals surface area (Å²) in [5, 5.41) is 60.5. The molecule has 0 saturated heterocycles. The maximum Gasteiger partial charge on any atom is 0.326 e. The van der Waals surface area contributed by atoms with Gasteiger partial charge in [0.2, 0.25) is 41.4 Å². The first-order chi connectivity index (χ1) is 32.3. The van der Waals surface area contributed by atoms with Gasteiger partial charge >= 0.3 is 11.9 Å². The molecule has 1 aromatic rings. The Morgan fingerprint density at radius 2 is 1.07 bits per heavy atom. The number of amides is 7. The number of carboxylic acid groups (broad SMARTS) is 2. The summed E-state index contributed by atoms with van der Waals surface area (Å²) in [5.41, 5.74) is 5.77. The van der Waals surface area contributed by atoms with Crippen molar-refractivity contribution in [3.8, 4) is 0 Å². The van der Waals surface area contributed by atoms with Gasteiger partial charge in [0.05, 0.1) is 18.1 Å². The van der Waals surface area contributed by atoms with E-state index in [-0.39, 0.29) is 29.4 Å². The van der Waals surface area contributed by atoms with Crippen molar-refractivity contribution >= 4 is 98.2 Å². The molecule has 16 N–H and O–H groups in total. The molecule has 0 aliphatic rings. The first-order valence-corrected chi connectivity index (χ1v) is 24.7. The summed E-state index contributed by atoms with van der Waals surface area (Å²) in [5.74, 6) is -9.57. The largest absolute Gasteiger partial charge is 0.481 e. The summed E-state index contributed by atoms with van der Waals surface area (Å²) in [6.45, 7) is 4.15. The molecule has 29 heteroatoms.